The van der Waals surface area contributed by atoms with Crippen LogP contribution in [-0.2, 0) is 0 Å². The summed E-state index contributed by atoms with van der Waals surface area (Å²) in [5.74, 6) is 0.829. The van der Waals surface area contributed by atoms with Crippen molar-refractivity contribution in [3.63, 3.8) is 0 Å². The molecule has 2 rings (SSSR count). The van der Waals surface area contributed by atoms with E-state index in [1.165, 1.54) is 37.9 Å². The van der Waals surface area contributed by atoms with E-state index in [2.05, 4.69) is 23.7 Å². The molecule has 1 aliphatic heterocycles. The van der Waals surface area contributed by atoms with Crippen molar-refractivity contribution in [3.8, 4) is 0 Å². The predicted molar refractivity (Wildman–Crippen MR) is 58.5 cm³/mol. The summed E-state index contributed by atoms with van der Waals surface area (Å²) >= 11 is 1.94. The van der Waals surface area contributed by atoms with Gasteiger partial charge >= 0.3 is 0 Å². The smallest absolute Gasteiger partial charge is 0.0106 e. The topological polar surface area (TPSA) is 12.0 Å². The lowest BCUT2D eigenvalue weighted by molar-refractivity contribution is 0.616. The van der Waals surface area contributed by atoms with Crippen LogP contribution in [0.2, 0.25) is 0 Å². The van der Waals surface area contributed by atoms with Gasteiger partial charge in [0.1, 0.15) is 0 Å². The van der Waals surface area contributed by atoms with E-state index >= 15 is 0 Å². The van der Waals surface area contributed by atoms with Gasteiger partial charge in [-0.3, -0.25) is 0 Å². The van der Waals surface area contributed by atoms with Gasteiger partial charge in [-0.2, -0.15) is 0 Å². The molecule has 1 N–H and O–H groups in total. The minimum atomic E-state index is 0.829. The normalized spacial score (nSPS) is 24.2. The first-order valence-corrected chi connectivity index (χ1v) is 6.00. The summed E-state index contributed by atoms with van der Waals surface area (Å²) in [6.45, 7) is 4.65. The Hall–Kier alpha value is -0.340. The average Bonchev–Trinajstić information content (AvgIpc) is 2.43. The van der Waals surface area contributed by atoms with Crippen LogP contribution in [-0.4, -0.2) is 13.1 Å². The Labute approximate surface area is 84.2 Å². The van der Waals surface area contributed by atoms with Gasteiger partial charge in [0.25, 0.3) is 0 Å². The first-order valence-electron chi connectivity index (χ1n) is 5.12. The van der Waals surface area contributed by atoms with Crippen LogP contribution in [0.5, 0.6) is 0 Å². The second-order valence-corrected chi connectivity index (χ2v) is 4.79. The number of hydrogen-bond donors (Lipinski definition) is 1. The van der Waals surface area contributed by atoms with Gasteiger partial charge in [-0.15, -0.1) is 11.3 Å². The van der Waals surface area contributed by atoms with Crippen molar-refractivity contribution in [1.29, 1.82) is 0 Å². The van der Waals surface area contributed by atoms with Crippen LogP contribution in [0, 0.1) is 6.92 Å². The van der Waals surface area contributed by atoms with E-state index < -0.39 is 0 Å². The summed E-state index contributed by atoms with van der Waals surface area (Å²) in [5.41, 5.74) is 1.50. The first kappa shape index (κ1) is 9.22. The van der Waals surface area contributed by atoms with Crippen molar-refractivity contribution in [2.75, 3.05) is 13.1 Å². The highest BCUT2D eigenvalue weighted by molar-refractivity contribution is 7.10. The molecule has 2 heterocycles. The van der Waals surface area contributed by atoms with Gasteiger partial charge in [-0.05, 0) is 62.2 Å². The maximum Gasteiger partial charge on any atom is 0.0106 e. The number of rotatable bonds is 1. The fourth-order valence-corrected chi connectivity index (χ4v) is 3.18. The number of hydrogen-bond acceptors (Lipinski definition) is 2. The summed E-state index contributed by atoms with van der Waals surface area (Å²) < 4.78 is 0. The van der Waals surface area contributed by atoms with Gasteiger partial charge in [0.15, 0.2) is 0 Å². The Morgan fingerprint density at radius 1 is 1.38 bits per heavy atom. The van der Waals surface area contributed by atoms with E-state index in [4.69, 9.17) is 0 Å². The molecule has 0 radical (unpaired) electrons. The fraction of sp³-hybridized carbons (Fsp3) is 0.636. The molecule has 1 aliphatic rings. The molecule has 0 amide bonds. The van der Waals surface area contributed by atoms with Crippen LogP contribution in [0.3, 0.4) is 0 Å². The zero-order valence-electron chi connectivity index (χ0n) is 8.18. The number of aryl methyl sites for hydroxylation is 1. The largest absolute Gasteiger partial charge is 0.317 e. The van der Waals surface area contributed by atoms with Crippen molar-refractivity contribution < 1.29 is 0 Å². The molecule has 72 valence electrons. The summed E-state index contributed by atoms with van der Waals surface area (Å²) in [6, 6.07) is 2.25. The molecule has 1 fully saturated rings. The van der Waals surface area contributed by atoms with E-state index in [1.807, 2.05) is 11.3 Å². The van der Waals surface area contributed by atoms with Crippen LogP contribution in [0.1, 0.15) is 35.6 Å². The van der Waals surface area contributed by atoms with Crippen molar-refractivity contribution in [2.24, 2.45) is 0 Å². The second-order valence-electron chi connectivity index (χ2n) is 3.85. The highest BCUT2D eigenvalue weighted by atomic mass is 32.1. The van der Waals surface area contributed by atoms with Crippen LogP contribution < -0.4 is 5.32 Å². The molecular weight excluding hydrogens is 178 g/mol. The van der Waals surface area contributed by atoms with E-state index in [1.54, 1.807) is 4.88 Å². The molecule has 1 saturated heterocycles. The van der Waals surface area contributed by atoms with Crippen LogP contribution in [0.15, 0.2) is 11.4 Å². The highest BCUT2D eigenvalue weighted by Crippen LogP contribution is 2.32. The molecule has 0 aromatic carbocycles. The van der Waals surface area contributed by atoms with Crippen molar-refractivity contribution in [3.05, 3.63) is 21.9 Å². The molecule has 1 nitrogen and oxygen atoms in total. The molecule has 0 bridgehead atoms. The van der Waals surface area contributed by atoms with Crippen LogP contribution in [0.25, 0.3) is 0 Å². The molecule has 1 unspecified atom stereocenters. The Morgan fingerprint density at radius 3 is 3.08 bits per heavy atom. The third kappa shape index (κ3) is 2.12. The van der Waals surface area contributed by atoms with Crippen LogP contribution in [0.4, 0.5) is 0 Å². The molecule has 0 aliphatic carbocycles. The summed E-state index contributed by atoms with van der Waals surface area (Å²) in [5, 5.41) is 5.69. The third-order valence-electron chi connectivity index (χ3n) is 2.85. The quantitative estimate of drug-likeness (QED) is 0.726. The lowest BCUT2D eigenvalue weighted by atomic mass is 9.97. The maximum absolute atomic E-state index is 3.46. The lowest BCUT2D eigenvalue weighted by Crippen LogP contribution is -2.13. The van der Waals surface area contributed by atoms with E-state index in [9.17, 15) is 0 Å². The minimum absolute atomic E-state index is 0.829. The molecule has 1 atom stereocenters. The van der Waals surface area contributed by atoms with Gasteiger partial charge in [0.05, 0.1) is 0 Å². The monoisotopic (exact) mass is 195 g/mol. The molecule has 0 saturated carbocycles. The van der Waals surface area contributed by atoms with Gasteiger partial charge < -0.3 is 5.32 Å². The SMILES string of the molecule is Cc1ccsc1C1CCCNCC1. The summed E-state index contributed by atoms with van der Waals surface area (Å²) in [7, 11) is 0. The van der Waals surface area contributed by atoms with Crippen molar-refractivity contribution in [2.45, 2.75) is 32.1 Å². The maximum atomic E-state index is 3.46. The molecule has 2 heteroatoms. The Kier molecular flexibility index (Phi) is 3.01. The van der Waals surface area contributed by atoms with E-state index in [-0.39, 0.29) is 0 Å². The van der Waals surface area contributed by atoms with Gasteiger partial charge in [-0.25, -0.2) is 0 Å². The third-order valence-corrected chi connectivity index (χ3v) is 4.03. The average molecular weight is 195 g/mol. The van der Waals surface area contributed by atoms with Gasteiger partial charge in [0.2, 0.25) is 0 Å². The number of nitrogens with one attached hydrogen (secondary N) is 1. The molecule has 0 spiro atoms. The fourth-order valence-electron chi connectivity index (χ4n) is 2.08. The van der Waals surface area contributed by atoms with Crippen LogP contribution >= 0.6 is 11.3 Å². The molecule has 1 aromatic heterocycles. The van der Waals surface area contributed by atoms with E-state index in [0.29, 0.717) is 0 Å². The first-order chi connectivity index (χ1) is 6.38. The highest BCUT2D eigenvalue weighted by Gasteiger charge is 2.16. The second kappa shape index (κ2) is 4.25. The summed E-state index contributed by atoms with van der Waals surface area (Å²) in [6.07, 6.45) is 4.03. The lowest BCUT2D eigenvalue weighted by Gasteiger charge is -2.12. The Morgan fingerprint density at radius 2 is 2.31 bits per heavy atom. The van der Waals surface area contributed by atoms with Gasteiger partial charge in [-0.1, -0.05) is 0 Å². The van der Waals surface area contributed by atoms with Gasteiger partial charge in [0, 0.05) is 4.88 Å². The molecule has 13 heavy (non-hydrogen) atoms. The van der Waals surface area contributed by atoms with Crippen molar-refractivity contribution >= 4 is 11.3 Å². The zero-order valence-corrected chi connectivity index (χ0v) is 8.99. The molecular formula is C11H17NS. The predicted octanol–water partition coefficient (Wildman–Crippen LogP) is 2.91. The summed E-state index contributed by atoms with van der Waals surface area (Å²) in [4.78, 5) is 1.63. The minimum Gasteiger partial charge on any atom is -0.317 e. The standard InChI is InChI=1S/C11H17NS/c1-9-5-8-13-11(9)10-3-2-6-12-7-4-10/h5,8,10,12H,2-4,6-7H2,1H3. The Balaban J connectivity index is 2.10. The van der Waals surface area contributed by atoms with E-state index in [0.717, 1.165) is 5.92 Å². The zero-order chi connectivity index (χ0) is 9.10. The molecule has 1 aromatic rings. The Bertz CT molecular complexity index is 259. The number of thiophene rings is 1. The van der Waals surface area contributed by atoms with Crippen molar-refractivity contribution in [1.82, 2.24) is 5.32 Å².